The van der Waals surface area contributed by atoms with Crippen LogP contribution in [0.5, 0.6) is 0 Å². The summed E-state index contributed by atoms with van der Waals surface area (Å²) in [6.07, 6.45) is 14.6. The SMILES string of the molecule is C=C(CC/C=C(\C)C=O)[C@H]1CC[C@@]2(C)[C@@H]1CC[C@H]1[C@]3(C)CCC(=O)C(C)(C)[C@H]3CC[C@@]12C. The summed E-state index contributed by atoms with van der Waals surface area (Å²) in [7, 11) is 0. The summed E-state index contributed by atoms with van der Waals surface area (Å²) in [5.74, 6) is 3.14. The fourth-order valence-electron chi connectivity index (χ4n) is 9.75. The number of rotatable bonds is 5. The van der Waals surface area contributed by atoms with Gasteiger partial charge < -0.3 is 0 Å². The Labute approximate surface area is 196 Å². The maximum atomic E-state index is 12.8. The van der Waals surface area contributed by atoms with Crippen LogP contribution >= 0.6 is 0 Å². The Morgan fingerprint density at radius 1 is 0.969 bits per heavy atom. The van der Waals surface area contributed by atoms with Crippen molar-refractivity contribution >= 4 is 12.1 Å². The van der Waals surface area contributed by atoms with Crippen LogP contribution in [0, 0.1) is 45.3 Å². The average Bonchev–Trinajstić information content (AvgIpc) is 3.09. The molecule has 0 spiro atoms. The summed E-state index contributed by atoms with van der Waals surface area (Å²) in [4.78, 5) is 23.7. The van der Waals surface area contributed by atoms with Crippen molar-refractivity contribution in [3.05, 3.63) is 23.8 Å². The van der Waals surface area contributed by atoms with E-state index in [1.807, 2.05) is 6.92 Å². The third-order valence-electron chi connectivity index (χ3n) is 11.8. The molecule has 0 heterocycles. The molecule has 0 aliphatic heterocycles. The molecule has 0 unspecified atom stereocenters. The molecule has 2 heteroatoms. The van der Waals surface area contributed by atoms with Crippen molar-refractivity contribution in [2.45, 2.75) is 106 Å². The van der Waals surface area contributed by atoms with E-state index in [1.165, 1.54) is 44.1 Å². The fourth-order valence-corrected chi connectivity index (χ4v) is 9.75. The van der Waals surface area contributed by atoms with Crippen molar-refractivity contribution in [3.63, 3.8) is 0 Å². The summed E-state index contributed by atoms with van der Waals surface area (Å²) < 4.78 is 0. The van der Waals surface area contributed by atoms with Gasteiger partial charge in [0.05, 0.1) is 0 Å². The van der Waals surface area contributed by atoms with E-state index in [4.69, 9.17) is 0 Å². The molecule has 7 atom stereocenters. The summed E-state index contributed by atoms with van der Waals surface area (Å²) in [5, 5.41) is 0. The molecule has 178 valence electrons. The Balaban J connectivity index is 1.57. The highest BCUT2D eigenvalue weighted by Crippen LogP contribution is 2.75. The lowest BCUT2D eigenvalue weighted by Gasteiger charge is -2.69. The van der Waals surface area contributed by atoms with Crippen LogP contribution in [0.2, 0.25) is 0 Å². The van der Waals surface area contributed by atoms with Crippen molar-refractivity contribution < 1.29 is 9.59 Å². The Kier molecular flexibility index (Phi) is 5.95. The molecule has 32 heavy (non-hydrogen) atoms. The van der Waals surface area contributed by atoms with Gasteiger partial charge in [-0.25, -0.2) is 0 Å². The number of aldehydes is 1. The van der Waals surface area contributed by atoms with Crippen LogP contribution in [-0.4, -0.2) is 12.1 Å². The highest BCUT2D eigenvalue weighted by Gasteiger charge is 2.68. The average molecular weight is 439 g/mol. The van der Waals surface area contributed by atoms with Crippen molar-refractivity contribution in [1.82, 2.24) is 0 Å². The summed E-state index contributed by atoms with van der Waals surface area (Å²) >= 11 is 0. The first-order valence-corrected chi connectivity index (χ1v) is 13.2. The second-order valence-electron chi connectivity index (χ2n) is 13.2. The van der Waals surface area contributed by atoms with E-state index in [9.17, 15) is 9.59 Å². The van der Waals surface area contributed by atoms with Crippen LogP contribution in [-0.2, 0) is 9.59 Å². The zero-order valence-electron chi connectivity index (χ0n) is 21.6. The summed E-state index contributed by atoms with van der Waals surface area (Å²) in [6.45, 7) is 18.7. The standard InChI is InChI=1S/C30H46O2/c1-20(19-31)9-8-10-21(2)22-13-17-29(6)23(22)11-12-25-28(5)16-15-26(32)27(3,4)24(28)14-18-30(25,29)7/h9,19,22-25H,2,8,10-18H2,1,3-7H3/b20-9+/t22-,23-,24-,25+,28-,29+,30+/m1/s1. The van der Waals surface area contributed by atoms with E-state index in [0.29, 0.717) is 33.9 Å². The predicted octanol–water partition coefficient (Wildman–Crippen LogP) is 7.72. The maximum absolute atomic E-state index is 12.8. The Morgan fingerprint density at radius 2 is 1.66 bits per heavy atom. The minimum absolute atomic E-state index is 0.161. The van der Waals surface area contributed by atoms with Gasteiger partial charge in [0.2, 0.25) is 0 Å². The van der Waals surface area contributed by atoms with E-state index in [1.54, 1.807) is 0 Å². The number of carbonyl (C=O) groups excluding carboxylic acids is 2. The molecule has 0 aromatic carbocycles. The topological polar surface area (TPSA) is 34.1 Å². The number of ketones is 1. The zero-order chi connectivity index (χ0) is 23.5. The molecule has 0 amide bonds. The number of Topliss-reactive ketones (excluding diaryl/α,β-unsaturated/α-hetero) is 1. The fraction of sp³-hybridized carbons (Fsp3) is 0.800. The number of carbonyl (C=O) groups is 2. The molecule has 0 bridgehead atoms. The van der Waals surface area contributed by atoms with Gasteiger partial charge in [0.25, 0.3) is 0 Å². The Hall–Kier alpha value is -1.18. The lowest BCUT2D eigenvalue weighted by atomic mass is 9.35. The van der Waals surface area contributed by atoms with Crippen LogP contribution < -0.4 is 0 Å². The monoisotopic (exact) mass is 438 g/mol. The lowest BCUT2D eigenvalue weighted by Crippen LogP contribution is -2.63. The first kappa shape index (κ1) is 24.0. The first-order valence-electron chi connectivity index (χ1n) is 13.2. The minimum atomic E-state index is -0.161. The number of allylic oxidation sites excluding steroid dienone is 3. The van der Waals surface area contributed by atoms with Gasteiger partial charge in [0.15, 0.2) is 0 Å². The van der Waals surface area contributed by atoms with Crippen LogP contribution in [0.3, 0.4) is 0 Å². The molecular weight excluding hydrogens is 392 g/mol. The van der Waals surface area contributed by atoms with E-state index in [2.05, 4.69) is 47.3 Å². The Bertz CT molecular complexity index is 834. The number of hydrogen-bond donors (Lipinski definition) is 0. The molecule has 4 aliphatic rings. The largest absolute Gasteiger partial charge is 0.299 e. The summed E-state index contributed by atoms with van der Waals surface area (Å²) in [5.41, 5.74) is 3.12. The smallest absolute Gasteiger partial charge is 0.145 e. The van der Waals surface area contributed by atoms with Gasteiger partial charge in [-0.3, -0.25) is 9.59 Å². The van der Waals surface area contributed by atoms with E-state index in [-0.39, 0.29) is 5.41 Å². The van der Waals surface area contributed by atoms with Crippen molar-refractivity contribution in [2.24, 2.45) is 45.3 Å². The van der Waals surface area contributed by atoms with Crippen LogP contribution in [0.25, 0.3) is 0 Å². The highest BCUT2D eigenvalue weighted by atomic mass is 16.1. The van der Waals surface area contributed by atoms with E-state index < -0.39 is 0 Å². The second kappa shape index (κ2) is 7.95. The van der Waals surface area contributed by atoms with Gasteiger partial charge in [-0.15, -0.1) is 0 Å². The van der Waals surface area contributed by atoms with Gasteiger partial charge in [0.1, 0.15) is 12.1 Å². The number of hydrogen-bond acceptors (Lipinski definition) is 2. The van der Waals surface area contributed by atoms with Gasteiger partial charge in [-0.2, -0.15) is 0 Å². The minimum Gasteiger partial charge on any atom is -0.299 e. The van der Waals surface area contributed by atoms with E-state index in [0.717, 1.165) is 49.4 Å². The van der Waals surface area contributed by atoms with Crippen LogP contribution in [0.1, 0.15) is 106 Å². The molecule has 4 aliphatic carbocycles. The Morgan fingerprint density at radius 3 is 2.34 bits per heavy atom. The quantitative estimate of drug-likeness (QED) is 0.250. The molecule has 2 nitrogen and oxygen atoms in total. The predicted molar refractivity (Wildman–Crippen MR) is 132 cm³/mol. The van der Waals surface area contributed by atoms with Gasteiger partial charge in [-0.05, 0) is 110 Å². The molecule has 0 saturated heterocycles. The molecule has 0 radical (unpaired) electrons. The van der Waals surface area contributed by atoms with Gasteiger partial charge in [0, 0.05) is 11.8 Å². The van der Waals surface area contributed by atoms with Gasteiger partial charge >= 0.3 is 0 Å². The molecule has 0 N–H and O–H groups in total. The molecule has 4 rings (SSSR count). The third-order valence-corrected chi connectivity index (χ3v) is 11.8. The zero-order valence-corrected chi connectivity index (χ0v) is 21.6. The maximum Gasteiger partial charge on any atom is 0.145 e. The normalized spacial score (nSPS) is 45.6. The molecular formula is C30H46O2. The summed E-state index contributed by atoms with van der Waals surface area (Å²) in [6, 6.07) is 0. The van der Waals surface area contributed by atoms with Crippen molar-refractivity contribution in [3.8, 4) is 0 Å². The van der Waals surface area contributed by atoms with Crippen molar-refractivity contribution in [1.29, 1.82) is 0 Å². The molecule has 0 aromatic heterocycles. The molecule has 4 saturated carbocycles. The van der Waals surface area contributed by atoms with Gasteiger partial charge in [-0.1, -0.05) is 52.8 Å². The number of fused-ring (bicyclic) bond motifs is 5. The lowest BCUT2D eigenvalue weighted by molar-refractivity contribution is -0.201. The van der Waals surface area contributed by atoms with Crippen molar-refractivity contribution in [2.75, 3.05) is 0 Å². The third kappa shape index (κ3) is 3.25. The molecule has 4 fully saturated rings. The van der Waals surface area contributed by atoms with Crippen LogP contribution in [0.4, 0.5) is 0 Å². The molecule has 0 aromatic rings. The van der Waals surface area contributed by atoms with Crippen LogP contribution in [0.15, 0.2) is 23.8 Å². The first-order chi connectivity index (χ1) is 14.9. The second-order valence-corrected chi connectivity index (χ2v) is 13.2. The highest BCUT2D eigenvalue weighted by molar-refractivity contribution is 5.85. The van der Waals surface area contributed by atoms with E-state index >= 15 is 0 Å².